The SMILES string of the molecule is O=C(C1=CC2Cc3ccccc3C2C=C1)c1ccc(Br)cc1. The summed E-state index contributed by atoms with van der Waals surface area (Å²) in [5.41, 5.74) is 4.38. The summed E-state index contributed by atoms with van der Waals surface area (Å²) < 4.78 is 0.989. The largest absolute Gasteiger partial charge is 0.289 e. The number of benzene rings is 2. The normalized spacial score (nSPS) is 22.0. The fourth-order valence-corrected chi connectivity index (χ4v) is 3.74. The molecule has 0 aliphatic heterocycles. The Morgan fingerprint density at radius 3 is 2.64 bits per heavy atom. The van der Waals surface area contributed by atoms with Gasteiger partial charge < -0.3 is 0 Å². The van der Waals surface area contributed by atoms with Crippen LogP contribution in [0.1, 0.15) is 27.4 Å². The molecule has 0 N–H and O–H groups in total. The third-order valence-electron chi connectivity index (χ3n) is 4.58. The van der Waals surface area contributed by atoms with Gasteiger partial charge in [-0.3, -0.25) is 4.79 Å². The van der Waals surface area contributed by atoms with E-state index in [1.165, 1.54) is 11.1 Å². The van der Waals surface area contributed by atoms with E-state index >= 15 is 0 Å². The van der Waals surface area contributed by atoms with Crippen molar-refractivity contribution in [2.75, 3.05) is 0 Å². The van der Waals surface area contributed by atoms with Crippen LogP contribution in [0.5, 0.6) is 0 Å². The molecule has 108 valence electrons. The third-order valence-corrected chi connectivity index (χ3v) is 5.11. The molecule has 0 saturated heterocycles. The summed E-state index contributed by atoms with van der Waals surface area (Å²) in [4.78, 5) is 12.6. The van der Waals surface area contributed by atoms with Gasteiger partial charge in [-0.2, -0.15) is 0 Å². The predicted molar refractivity (Wildman–Crippen MR) is 92.1 cm³/mol. The monoisotopic (exact) mass is 350 g/mol. The first-order valence-corrected chi connectivity index (χ1v) is 8.30. The van der Waals surface area contributed by atoms with Crippen LogP contribution in [-0.2, 0) is 6.42 Å². The summed E-state index contributed by atoms with van der Waals surface area (Å²) in [5, 5.41) is 0. The summed E-state index contributed by atoms with van der Waals surface area (Å²) in [5.74, 6) is 0.952. The van der Waals surface area contributed by atoms with E-state index in [0.717, 1.165) is 22.0 Å². The van der Waals surface area contributed by atoms with E-state index in [0.29, 0.717) is 11.8 Å². The van der Waals surface area contributed by atoms with Crippen molar-refractivity contribution in [1.82, 2.24) is 0 Å². The molecular formula is C20H15BrO. The number of Topliss-reactive ketones (excluding diaryl/α,β-unsaturated/α-hetero) is 1. The van der Waals surface area contributed by atoms with Crippen LogP contribution in [0, 0.1) is 5.92 Å². The summed E-state index contributed by atoms with van der Waals surface area (Å²) in [6.07, 6.45) is 7.38. The Kier molecular flexibility index (Phi) is 3.34. The van der Waals surface area contributed by atoms with Gasteiger partial charge in [-0.15, -0.1) is 0 Å². The highest BCUT2D eigenvalue weighted by atomic mass is 79.9. The van der Waals surface area contributed by atoms with Gasteiger partial charge >= 0.3 is 0 Å². The number of hydrogen-bond donors (Lipinski definition) is 0. The number of halogens is 1. The fourth-order valence-electron chi connectivity index (χ4n) is 3.48. The highest BCUT2D eigenvalue weighted by Crippen LogP contribution is 2.42. The molecule has 2 atom stereocenters. The van der Waals surface area contributed by atoms with Gasteiger partial charge in [0.2, 0.25) is 0 Å². The van der Waals surface area contributed by atoms with E-state index in [-0.39, 0.29) is 5.78 Å². The van der Waals surface area contributed by atoms with E-state index in [1.807, 2.05) is 30.3 Å². The molecule has 4 rings (SSSR count). The Bertz CT molecular complexity index is 799. The van der Waals surface area contributed by atoms with Crippen molar-refractivity contribution < 1.29 is 4.79 Å². The van der Waals surface area contributed by atoms with Crippen molar-refractivity contribution in [3.05, 3.63) is 93.5 Å². The lowest BCUT2D eigenvalue weighted by atomic mass is 9.84. The van der Waals surface area contributed by atoms with E-state index < -0.39 is 0 Å². The second-order valence-electron chi connectivity index (χ2n) is 5.91. The van der Waals surface area contributed by atoms with Crippen molar-refractivity contribution in [3.8, 4) is 0 Å². The minimum Gasteiger partial charge on any atom is -0.289 e. The highest BCUT2D eigenvalue weighted by Gasteiger charge is 2.31. The number of hydrogen-bond acceptors (Lipinski definition) is 1. The molecule has 2 heteroatoms. The molecule has 0 amide bonds. The summed E-state index contributed by atoms with van der Waals surface area (Å²) in [7, 11) is 0. The number of rotatable bonds is 2. The van der Waals surface area contributed by atoms with Crippen LogP contribution in [0.2, 0.25) is 0 Å². The van der Waals surface area contributed by atoms with Gasteiger partial charge in [0, 0.05) is 21.5 Å². The molecule has 0 saturated carbocycles. The molecule has 0 fully saturated rings. The van der Waals surface area contributed by atoms with Crippen LogP contribution in [0.4, 0.5) is 0 Å². The topological polar surface area (TPSA) is 17.1 Å². The van der Waals surface area contributed by atoms with Crippen molar-refractivity contribution in [2.45, 2.75) is 12.3 Å². The number of ketones is 1. The zero-order chi connectivity index (χ0) is 15.1. The Hall–Kier alpha value is -1.93. The van der Waals surface area contributed by atoms with Crippen LogP contribution in [0.15, 0.2) is 76.8 Å². The summed E-state index contributed by atoms with van der Waals surface area (Å²) in [6.45, 7) is 0. The summed E-state index contributed by atoms with van der Waals surface area (Å²) >= 11 is 3.40. The second-order valence-corrected chi connectivity index (χ2v) is 6.83. The van der Waals surface area contributed by atoms with E-state index in [9.17, 15) is 4.79 Å². The fraction of sp³-hybridized carbons (Fsp3) is 0.150. The zero-order valence-corrected chi connectivity index (χ0v) is 13.6. The van der Waals surface area contributed by atoms with E-state index in [1.54, 1.807) is 0 Å². The molecule has 0 spiro atoms. The Morgan fingerprint density at radius 2 is 1.82 bits per heavy atom. The minimum absolute atomic E-state index is 0.109. The number of fused-ring (bicyclic) bond motifs is 3. The third kappa shape index (κ3) is 2.28. The van der Waals surface area contributed by atoms with Crippen LogP contribution >= 0.6 is 15.9 Å². The second kappa shape index (κ2) is 5.36. The van der Waals surface area contributed by atoms with Gasteiger partial charge in [0.1, 0.15) is 0 Å². The number of carbonyl (C=O) groups excluding carboxylic acids is 1. The van der Waals surface area contributed by atoms with Crippen molar-refractivity contribution >= 4 is 21.7 Å². The quantitative estimate of drug-likeness (QED) is 0.690. The highest BCUT2D eigenvalue weighted by molar-refractivity contribution is 9.10. The molecule has 0 aromatic heterocycles. The molecule has 2 unspecified atom stereocenters. The number of allylic oxidation sites excluding steroid dienone is 4. The van der Waals surface area contributed by atoms with Crippen molar-refractivity contribution in [2.24, 2.45) is 5.92 Å². The van der Waals surface area contributed by atoms with Crippen molar-refractivity contribution in [3.63, 3.8) is 0 Å². The molecule has 0 radical (unpaired) electrons. The molecule has 2 aliphatic rings. The Labute approximate surface area is 138 Å². The van der Waals surface area contributed by atoms with Gasteiger partial charge in [0.25, 0.3) is 0 Å². The molecule has 1 nitrogen and oxygen atoms in total. The van der Waals surface area contributed by atoms with Gasteiger partial charge in [0.05, 0.1) is 0 Å². The lowest BCUT2D eigenvalue weighted by Crippen LogP contribution is -2.12. The number of carbonyl (C=O) groups is 1. The van der Waals surface area contributed by atoms with Gasteiger partial charge in [-0.05, 0) is 47.7 Å². The smallest absolute Gasteiger partial charge is 0.192 e. The zero-order valence-electron chi connectivity index (χ0n) is 12.0. The maximum absolute atomic E-state index is 12.6. The first-order chi connectivity index (χ1) is 10.7. The molecule has 2 aromatic carbocycles. The van der Waals surface area contributed by atoms with Crippen LogP contribution in [-0.4, -0.2) is 5.78 Å². The van der Waals surface area contributed by atoms with E-state index in [4.69, 9.17) is 0 Å². The van der Waals surface area contributed by atoms with Crippen LogP contribution in [0.3, 0.4) is 0 Å². The lowest BCUT2D eigenvalue weighted by Gasteiger charge is -2.19. The first kappa shape index (κ1) is 13.7. The van der Waals surface area contributed by atoms with Crippen LogP contribution < -0.4 is 0 Å². The van der Waals surface area contributed by atoms with Gasteiger partial charge in [-0.1, -0.05) is 58.4 Å². The first-order valence-electron chi connectivity index (χ1n) is 7.50. The standard InChI is InChI=1S/C20H15BrO/c21-17-8-5-13(6-9-17)20(22)15-7-10-19-16(12-15)11-14-3-1-2-4-18(14)19/h1-10,12,16,19H,11H2. The average molecular weight is 351 g/mol. The molecular weight excluding hydrogens is 336 g/mol. The Balaban J connectivity index is 1.63. The van der Waals surface area contributed by atoms with Crippen LogP contribution in [0.25, 0.3) is 0 Å². The molecule has 0 heterocycles. The summed E-state index contributed by atoms with van der Waals surface area (Å²) in [6, 6.07) is 16.2. The maximum atomic E-state index is 12.6. The predicted octanol–water partition coefficient (Wildman–Crippen LogP) is 5.08. The molecule has 2 aliphatic carbocycles. The maximum Gasteiger partial charge on any atom is 0.192 e. The molecule has 2 aromatic rings. The Morgan fingerprint density at radius 1 is 1.05 bits per heavy atom. The molecule has 0 bridgehead atoms. The molecule has 22 heavy (non-hydrogen) atoms. The van der Waals surface area contributed by atoms with Crippen molar-refractivity contribution in [1.29, 1.82) is 0 Å². The average Bonchev–Trinajstić information content (AvgIpc) is 2.92. The minimum atomic E-state index is 0.109. The van der Waals surface area contributed by atoms with Gasteiger partial charge in [-0.25, -0.2) is 0 Å². The van der Waals surface area contributed by atoms with E-state index in [2.05, 4.69) is 52.3 Å². The van der Waals surface area contributed by atoms with Gasteiger partial charge in [0.15, 0.2) is 5.78 Å². The lowest BCUT2D eigenvalue weighted by molar-refractivity contribution is 0.103.